The van der Waals surface area contributed by atoms with Crippen LogP contribution in [0.2, 0.25) is 0 Å². The summed E-state index contributed by atoms with van der Waals surface area (Å²) in [5.41, 5.74) is 2.69. The molecule has 39 heavy (non-hydrogen) atoms. The first-order valence-corrected chi connectivity index (χ1v) is 14.3. The molecule has 0 unspecified atom stereocenters. The SMILES string of the molecule is CC(=O)N1CCN(C(=O)c2ccc(Nc3nccc(-c4ccc(S(=O)(=O)N(C)CC(C)C)cc4)n3)cc2)CC1. The summed E-state index contributed by atoms with van der Waals surface area (Å²) in [5.74, 6) is 0.560. The highest BCUT2D eigenvalue weighted by Crippen LogP contribution is 2.23. The van der Waals surface area contributed by atoms with Gasteiger partial charge in [0.05, 0.1) is 10.6 Å². The smallest absolute Gasteiger partial charge is 0.253 e. The zero-order valence-electron chi connectivity index (χ0n) is 22.7. The number of nitrogens with one attached hydrogen (secondary N) is 1. The number of rotatable bonds is 8. The highest BCUT2D eigenvalue weighted by molar-refractivity contribution is 7.89. The quantitative estimate of drug-likeness (QED) is 0.457. The lowest BCUT2D eigenvalue weighted by atomic mass is 10.1. The maximum atomic E-state index is 12.9. The summed E-state index contributed by atoms with van der Waals surface area (Å²) in [6.07, 6.45) is 1.63. The molecule has 0 saturated carbocycles. The molecule has 11 heteroatoms. The molecule has 0 atom stereocenters. The maximum Gasteiger partial charge on any atom is 0.253 e. The average Bonchev–Trinajstić information content (AvgIpc) is 2.93. The normalized spacial score (nSPS) is 14.1. The number of carbonyl (C=O) groups is 2. The predicted octanol–water partition coefficient (Wildman–Crippen LogP) is 3.47. The molecule has 1 aliphatic rings. The Hall–Kier alpha value is -3.83. The molecule has 1 fully saturated rings. The van der Waals surface area contributed by atoms with Gasteiger partial charge in [0.15, 0.2) is 0 Å². The van der Waals surface area contributed by atoms with Gasteiger partial charge in [0.2, 0.25) is 21.9 Å². The lowest BCUT2D eigenvalue weighted by molar-refractivity contribution is -0.130. The summed E-state index contributed by atoms with van der Waals surface area (Å²) in [5, 5.41) is 3.15. The zero-order chi connectivity index (χ0) is 28.2. The van der Waals surface area contributed by atoms with Crippen LogP contribution in [0.3, 0.4) is 0 Å². The second-order valence-corrected chi connectivity index (χ2v) is 12.0. The van der Waals surface area contributed by atoms with Crippen molar-refractivity contribution in [2.75, 3.05) is 45.1 Å². The number of piperazine rings is 1. The summed E-state index contributed by atoms with van der Waals surface area (Å²) in [4.78, 5) is 37.0. The average molecular weight is 551 g/mol. The highest BCUT2D eigenvalue weighted by Gasteiger charge is 2.23. The van der Waals surface area contributed by atoms with Crippen molar-refractivity contribution >= 4 is 33.5 Å². The van der Waals surface area contributed by atoms with Crippen LogP contribution in [0.4, 0.5) is 11.6 Å². The Kier molecular flexibility index (Phi) is 8.61. The number of benzene rings is 2. The van der Waals surface area contributed by atoms with Crippen LogP contribution < -0.4 is 5.32 Å². The molecule has 1 aromatic heterocycles. The van der Waals surface area contributed by atoms with Crippen LogP contribution in [0.1, 0.15) is 31.1 Å². The molecule has 3 aromatic rings. The Morgan fingerprint density at radius 2 is 1.56 bits per heavy atom. The standard InChI is InChI=1S/C28H34N6O4S/c1-20(2)19-32(4)39(37,38)25-11-7-22(8-12-25)26-13-14-29-28(31-26)30-24-9-5-23(6-10-24)27(36)34-17-15-33(16-18-34)21(3)35/h5-14,20H,15-19H2,1-4H3,(H,29,30,31). The van der Waals surface area contributed by atoms with Gasteiger partial charge < -0.3 is 15.1 Å². The second kappa shape index (κ2) is 11.9. The van der Waals surface area contributed by atoms with Gasteiger partial charge >= 0.3 is 0 Å². The number of sulfonamides is 1. The highest BCUT2D eigenvalue weighted by atomic mass is 32.2. The molecule has 0 aliphatic carbocycles. The fourth-order valence-corrected chi connectivity index (χ4v) is 5.74. The zero-order valence-corrected chi connectivity index (χ0v) is 23.5. The number of carbonyl (C=O) groups excluding carboxylic acids is 2. The molecule has 4 rings (SSSR count). The summed E-state index contributed by atoms with van der Waals surface area (Å²) in [6.45, 7) is 8.05. The molecule has 206 valence electrons. The van der Waals surface area contributed by atoms with E-state index in [1.165, 1.54) is 4.31 Å². The molecule has 1 N–H and O–H groups in total. The Bertz CT molecular complexity index is 1420. The van der Waals surface area contributed by atoms with Gasteiger partial charge in [-0.15, -0.1) is 0 Å². The predicted molar refractivity (Wildman–Crippen MR) is 150 cm³/mol. The molecule has 1 saturated heterocycles. The minimum absolute atomic E-state index is 0.0266. The van der Waals surface area contributed by atoms with E-state index in [1.807, 2.05) is 13.8 Å². The first kappa shape index (κ1) is 28.2. The number of hydrogen-bond donors (Lipinski definition) is 1. The molecule has 1 aliphatic heterocycles. The van der Waals surface area contributed by atoms with Crippen LogP contribution in [0.5, 0.6) is 0 Å². The van der Waals surface area contributed by atoms with Gasteiger partial charge in [-0.25, -0.2) is 22.7 Å². The molecular formula is C28H34N6O4S. The van der Waals surface area contributed by atoms with Crippen LogP contribution in [0, 0.1) is 5.92 Å². The Labute approximate surface area is 229 Å². The topological polar surface area (TPSA) is 116 Å². The van der Waals surface area contributed by atoms with Crippen molar-refractivity contribution in [1.82, 2.24) is 24.1 Å². The Morgan fingerprint density at radius 1 is 0.949 bits per heavy atom. The van der Waals surface area contributed by atoms with Crippen LogP contribution >= 0.6 is 0 Å². The summed E-state index contributed by atoms with van der Waals surface area (Å²) in [7, 11) is -1.97. The van der Waals surface area contributed by atoms with Gasteiger partial charge in [0.1, 0.15) is 0 Å². The molecule has 2 aromatic carbocycles. The third-order valence-electron chi connectivity index (χ3n) is 6.54. The van der Waals surface area contributed by atoms with Gasteiger partial charge in [-0.05, 0) is 48.4 Å². The van der Waals surface area contributed by atoms with Gasteiger partial charge in [-0.1, -0.05) is 26.0 Å². The van der Waals surface area contributed by atoms with E-state index in [2.05, 4.69) is 15.3 Å². The first-order valence-electron chi connectivity index (χ1n) is 12.9. The molecule has 0 bridgehead atoms. The molecule has 0 radical (unpaired) electrons. The van der Waals surface area contributed by atoms with E-state index in [4.69, 9.17) is 0 Å². The van der Waals surface area contributed by atoms with Gasteiger partial charge in [0, 0.05) is 69.7 Å². The van der Waals surface area contributed by atoms with Gasteiger partial charge in [-0.3, -0.25) is 9.59 Å². The van der Waals surface area contributed by atoms with E-state index < -0.39 is 10.0 Å². The fraction of sp³-hybridized carbons (Fsp3) is 0.357. The molecular weight excluding hydrogens is 516 g/mol. The van der Waals surface area contributed by atoms with Crippen molar-refractivity contribution in [3.8, 4) is 11.3 Å². The van der Waals surface area contributed by atoms with Crippen LogP contribution in [0.15, 0.2) is 65.7 Å². The summed E-state index contributed by atoms with van der Waals surface area (Å²) in [6, 6.07) is 15.5. The van der Waals surface area contributed by atoms with E-state index in [0.717, 1.165) is 11.3 Å². The number of aromatic nitrogens is 2. The molecule has 2 amide bonds. The lowest BCUT2D eigenvalue weighted by Gasteiger charge is -2.34. The van der Waals surface area contributed by atoms with E-state index in [1.54, 1.807) is 84.6 Å². The van der Waals surface area contributed by atoms with Crippen molar-refractivity contribution in [1.29, 1.82) is 0 Å². The number of nitrogens with zero attached hydrogens (tertiary/aromatic N) is 5. The number of amides is 2. The van der Waals surface area contributed by atoms with Gasteiger partial charge in [0.25, 0.3) is 5.91 Å². The third-order valence-corrected chi connectivity index (χ3v) is 8.37. The Morgan fingerprint density at radius 3 is 2.15 bits per heavy atom. The van der Waals surface area contributed by atoms with E-state index in [9.17, 15) is 18.0 Å². The minimum Gasteiger partial charge on any atom is -0.339 e. The molecule has 2 heterocycles. The third kappa shape index (κ3) is 6.79. The first-order chi connectivity index (χ1) is 18.5. The summed E-state index contributed by atoms with van der Waals surface area (Å²) >= 11 is 0. The minimum atomic E-state index is -3.56. The van der Waals surface area contributed by atoms with Crippen molar-refractivity contribution in [3.63, 3.8) is 0 Å². The van der Waals surface area contributed by atoms with E-state index in [-0.39, 0.29) is 22.6 Å². The van der Waals surface area contributed by atoms with Crippen molar-refractivity contribution in [2.24, 2.45) is 5.92 Å². The monoisotopic (exact) mass is 550 g/mol. The van der Waals surface area contributed by atoms with E-state index in [0.29, 0.717) is 49.9 Å². The lowest BCUT2D eigenvalue weighted by Crippen LogP contribution is -2.50. The maximum absolute atomic E-state index is 12.9. The van der Waals surface area contributed by atoms with Crippen molar-refractivity contribution in [3.05, 3.63) is 66.4 Å². The summed E-state index contributed by atoms with van der Waals surface area (Å²) < 4.78 is 27.0. The van der Waals surface area contributed by atoms with Crippen molar-refractivity contribution < 1.29 is 18.0 Å². The fourth-order valence-electron chi connectivity index (χ4n) is 4.40. The van der Waals surface area contributed by atoms with Crippen LogP contribution in [-0.2, 0) is 14.8 Å². The Balaban J connectivity index is 1.41. The number of hydrogen-bond acceptors (Lipinski definition) is 7. The van der Waals surface area contributed by atoms with Crippen LogP contribution in [0.25, 0.3) is 11.3 Å². The van der Waals surface area contributed by atoms with E-state index >= 15 is 0 Å². The van der Waals surface area contributed by atoms with Gasteiger partial charge in [-0.2, -0.15) is 0 Å². The van der Waals surface area contributed by atoms with Crippen LogP contribution in [-0.4, -0.2) is 84.1 Å². The van der Waals surface area contributed by atoms with Crippen molar-refractivity contribution in [2.45, 2.75) is 25.7 Å². The second-order valence-electron chi connectivity index (χ2n) is 9.97. The molecule has 0 spiro atoms. The molecule has 10 nitrogen and oxygen atoms in total. The number of anilines is 2. The largest absolute Gasteiger partial charge is 0.339 e.